The van der Waals surface area contributed by atoms with E-state index in [2.05, 4.69) is 32.2 Å². The van der Waals surface area contributed by atoms with E-state index in [0.29, 0.717) is 24.9 Å². The van der Waals surface area contributed by atoms with Gasteiger partial charge in [-0.1, -0.05) is 26.8 Å². The van der Waals surface area contributed by atoms with Gasteiger partial charge in [0.05, 0.1) is 12.5 Å². The van der Waals surface area contributed by atoms with Crippen molar-refractivity contribution < 1.29 is 28.6 Å². The Kier molecular flexibility index (Phi) is 9.84. The molecule has 1 aliphatic heterocycles. The Morgan fingerprint density at radius 3 is 2.10 bits per heavy atom. The van der Waals surface area contributed by atoms with Gasteiger partial charge in [0.2, 0.25) is 5.91 Å². The largest absolute Gasteiger partial charge is 0.490 e. The Bertz CT molecular complexity index is 1020. The fourth-order valence-corrected chi connectivity index (χ4v) is 5.45. The maximum atomic E-state index is 13.6. The summed E-state index contributed by atoms with van der Waals surface area (Å²) in [5, 5.41) is 2.60. The number of amides is 2. The van der Waals surface area contributed by atoms with E-state index >= 15 is 0 Å². The second-order valence-electron chi connectivity index (χ2n) is 14.4. The molecule has 8 heteroatoms. The summed E-state index contributed by atoms with van der Waals surface area (Å²) in [6.45, 7) is 18.4. The first kappa shape index (κ1) is 31.8. The molecule has 1 heterocycles. The molecule has 224 valence electrons. The molecule has 0 radical (unpaired) electrons. The van der Waals surface area contributed by atoms with Crippen LogP contribution in [0, 0.1) is 11.3 Å². The average Bonchev–Trinajstić information content (AvgIpc) is 2.80. The smallest absolute Gasteiger partial charge is 0.408 e. The zero-order valence-corrected chi connectivity index (χ0v) is 26.0. The Morgan fingerprint density at radius 1 is 0.900 bits per heavy atom. The lowest BCUT2D eigenvalue weighted by Crippen LogP contribution is -2.52. The van der Waals surface area contributed by atoms with Crippen LogP contribution < -0.4 is 10.1 Å². The number of nitrogens with one attached hydrogen (secondary N) is 1. The van der Waals surface area contributed by atoms with Crippen LogP contribution in [0.2, 0.25) is 0 Å². The quantitative estimate of drug-likeness (QED) is 0.419. The second kappa shape index (κ2) is 12.4. The summed E-state index contributed by atoms with van der Waals surface area (Å²) in [6.07, 6.45) is 4.42. The van der Waals surface area contributed by atoms with Gasteiger partial charge in [0, 0.05) is 13.1 Å². The number of hydrogen-bond acceptors (Lipinski definition) is 6. The van der Waals surface area contributed by atoms with Crippen LogP contribution in [-0.2, 0) is 32.0 Å². The van der Waals surface area contributed by atoms with Gasteiger partial charge in [-0.15, -0.1) is 0 Å². The number of esters is 1. The lowest BCUT2D eigenvalue weighted by atomic mass is 9.72. The second-order valence-corrected chi connectivity index (χ2v) is 14.4. The van der Waals surface area contributed by atoms with Crippen molar-refractivity contribution in [2.45, 2.75) is 131 Å². The summed E-state index contributed by atoms with van der Waals surface area (Å²) in [4.78, 5) is 40.4. The molecular weight excluding hydrogens is 508 g/mol. The predicted molar refractivity (Wildman–Crippen MR) is 155 cm³/mol. The van der Waals surface area contributed by atoms with Gasteiger partial charge >= 0.3 is 12.1 Å². The number of nitrogens with zero attached hydrogens (tertiary/aromatic N) is 1. The Balaban J connectivity index is 1.65. The lowest BCUT2D eigenvalue weighted by Gasteiger charge is -2.37. The summed E-state index contributed by atoms with van der Waals surface area (Å²) in [7, 11) is 0. The SMILES string of the molecule is CC(C)(C)OC(=O)CC(NC(=O)OC(C)(C)C)C(=O)N1CCc2cc(O[C@H]3CC[C@H](C(C)(C)C)CC3)ccc2C1. The fraction of sp³-hybridized carbons (Fsp3) is 0.719. The molecule has 2 amide bonds. The summed E-state index contributed by atoms with van der Waals surface area (Å²) in [5.74, 6) is 0.728. The number of carbonyl (C=O) groups excluding carboxylic acids is 3. The zero-order valence-electron chi connectivity index (χ0n) is 26.0. The van der Waals surface area contributed by atoms with Gasteiger partial charge in [-0.25, -0.2) is 4.79 Å². The molecule has 1 unspecified atom stereocenters. The van der Waals surface area contributed by atoms with E-state index in [9.17, 15) is 14.4 Å². The fourth-order valence-electron chi connectivity index (χ4n) is 5.45. The highest BCUT2D eigenvalue weighted by atomic mass is 16.6. The van der Waals surface area contributed by atoms with Crippen molar-refractivity contribution in [2.24, 2.45) is 11.3 Å². The van der Waals surface area contributed by atoms with E-state index in [4.69, 9.17) is 14.2 Å². The standard InChI is InChI=1S/C32H50N2O6/c1-30(2,3)23-11-14-24(15-12-23)38-25-13-10-22-20-34(17-16-21(22)18-25)28(36)26(19-27(35)39-31(4,5)6)33-29(37)40-32(7,8)9/h10,13,18,23-24,26H,11-12,14-17,19-20H2,1-9H3,(H,33,37)/t23-,24-,26?. The molecule has 1 aromatic carbocycles. The predicted octanol–water partition coefficient (Wildman–Crippen LogP) is 6.18. The Labute approximate surface area is 240 Å². The van der Waals surface area contributed by atoms with Crippen molar-refractivity contribution >= 4 is 18.0 Å². The first-order chi connectivity index (χ1) is 18.4. The molecule has 0 aromatic heterocycles. The van der Waals surface area contributed by atoms with E-state index in [1.807, 2.05) is 12.1 Å². The molecule has 1 atom stereocenters. The Hall–Kier alpha value is -2.77. The molecule has 0 spiro atoms. The molecule has 1 fully saturated rings. The van der Waals surface area contributed by atoms with Gasteiger partial charge in [0.15, 0.2) is 0 Å². The first-order valence-electron chi connectivity index (χ1n) is 14.7. The van der Waals surface area contributed by atoms with Gasteiger partial charge < -0.3 is 24.4 Å². The molecule has 0 saturated heterocycles. The third-order valence-electron chi connectivity index (χ3n) is 7.48. The van der Waals surface area contributed by atoms with Crippen LogP contribution in [-0.4, -0.2) is 52.8 Å². The van der Waals surface area contributed by atoms with E-state index in [1.54, 1.807) is 46.4 Å². The first-order valence-corrected chi connectivity index (χ1v) is 14.7. The molecule has 0 bridgehead atoms. The minimum absolute atomic E-state index is 0.242. The minimum atomic E-state index is -1.09. The van der Waals surface area contributed by atoms with Gasteiger partial charge in [-0.3, -0.25) is 9.59 Å². The highest BCUT2D eigenvalue weighted by Gasteiger charge is 2.34. The molecule has 8 nitrogen and oxygen atoms in total. The maximum absolute atomic E-state index is 13.6. The van der Waals surface area contributed by atoms with Crippen LogP contribution in [0.3, 0.4) is 0 Å². The summed E-state index contributed by atoms with van der Waals surface area (Å²) in [6, 6.07) is 5.02. The van der Waals surface area contributed by atoms with Crippen molar-refractivity contribution in [1.29, 1.82) is 0 Å². The molecule has 1 N–H and O–H groups in total. The highest BCUT2D eigenvalue weighted by molar-refractivity contribution is 5.90. The van der Waals surface area contributed by atoms with E-state index in [0.717, 1.165) is 35.6 Å². The third kappa shape index (κ3) is 9.70. The number of hydrogen-bond donors (Lipinski definition) is 1. The van der Waals surface area contributed by atoms with Crippen molar-refractivity contribution in [3.8, 4) is 5.75 Å². The number of alkyl carbamates (subject to hydrolysis) is 1. The molecule has 2 aliphatic rings. The van der Waals surface area contributed by atoms with Crippen molar-refractivity contribution in [1.82, 2.24) is 10.2 Å². The van der Waals surface area contributed by atoms with E-state index in [-0.39, 0.29) is 18.4 Å². The van der Waals surface area contributed by atoms with Crippen LogP contribution in [0.25, 0.3) is 0 Å². The minimum Gasteiger partial charge on any atom is -0.490 e. The molecule has 1 aliphatic carbocycles. The summed E-state index contributed by atoms with van der Waals surface area (Å²) >= 11 is 0. The van der Waals surface area contributed by atoms with Crippen LogP contribution >= 0.6 is 0 Å². The molecule has 3 rings (SSSR count). The van der Waals surface area contributed by atoms with Gasteiger partial charge in [0.1, 0.15) is 23.0 Å². The van der Waals surface area contributed by atoms with Crippen molar-refractivity contribution in [3.05, 3.63) is 29.3 Å². The lowest BCUT2D eigenvalue weighted by molar-refractivity contribution is -0.157. The van der Waals surface area contributed by atoms with Crippen LogP contribution in [0.4, 0.5) is 4.79 Å². The van der Waals surface area contributed by atoms with Crippen LogP contribution in [0.1, 0.15) is 106 Å². The van der Waals surface area contributed by atoms with E-state index < -0.39 is 29.3 Å². The molecule has 1 saturated carbocycles. The van der Waals surface area contributed by atoms with Gasteiger partial charge in [-0.2, -0.15) is 0 Å². The van der Waals surface area contributed by atoms with E-state index in [1.165, 1.54) is 12.8 Å². The number of fused-ring (bicyclic) bond motifs is 1. The van der Waals surface area contributed by atoms with Crippen molar-refractivity contribution in [2.75, 3.05) is 6.54 Å². The number of ether oxygens (including phenoxy) is 3. The third-order valence-corrected chi connectivity index (χ3v) is 7.48. The van der Waals surface area contributed by atoms with Crippen molar-refractivity contribution in [3.63, 3.8) is 0 Å². The number of benzene rings is 1. The summed E-state index contributed by atoms with van der Waals surface area (Å²) in [5.41, 5.74) is 1.10. The monoisotopic (exact) mass is 558 g/mol. The van der Waals surface area contributed by atoms with Crippen LogP contribution in [0.5, 0.6) is 5.75 Å². The normalized spacial score (nSPS) is 20.7. The number of rotatable bonds is 6. The Morgan fingerprint density at radius 2 is 1.52 bits per heavy atom. The number of carbonyl (C=O) groups is 3. The molecule has 40 heavy (non-hydrogen) atoms. The molecular formula is C32H50N2O6. The maximum Gasteiger partial charge on any atom is 0.408 e. The topological polar surface area (TPSA) is 94.2 Å². The highest BCUT2D eigenvalue weighted by Crippen LogP contribution is 2.39. The summed E-state index contributed by atoms with van der Waals surface area (Å²) < 4.78 is 17.2. The zero-order chi connectivity index (χ0) is 29.9. The van der Waals surface area contributed by atoms with Gasteiger partial charge in [0.25, 0.3) is 0 Å². The average molecular weight is 559 g/mol. The van der Waals surface area contributed by atoms with Crippen LogP contribution in [0.15, 0.2) is 18.2 Å². The van der Waals surface area contributed by atoms with Gasteiger partial charge in [-0.05, 0) is 108 Å². The molecule has 1 aromatic rings.